The second kappa shape index (κ2) is 8.89. The third kappa shape index (κ3) is 3.50. The summed E-state index contributed by atoms with van der Waals surface area (Å²) in [6.07, 6.45) is 7.71. The number of amides is 2. The van der Waals surface area contributed by atoms with E-state index >= 15 is 0 Å². The van der Waals surface area contributed by atoms with Crippen LogP contribution >= 0.6 is 11.8 Å². The molecule has 2 fully saturated rings. The standard InChI is InChI=1S/C26H30N2O5S/c1-16(2)18(15-29)28-22-24(31)27(14-17-8-4-3-5-9-17)12-7-11-26(22)21(23(28)30)20-19(34-26)10-6-13-33-25(20)32/h3-11,16,18-22,29H,12-15H2,1-2H3/t18-,19+,20-,21-,22?,26-/m0/s1. The molecule has 1 spiro atoms. The van der Waals surface area contributed by atoms with E-state index in [1.54, 1.807) is 9.80 Å². The molecule has 180 valence electrons. The van der Waals surface area contributed by atoms with Crippen LogP contribution in [0.3, 0.4) is 0 Å². The van der Waals surface area contributed by atoms with Crippen LogP contribution in [0.15, 0.2) is 54.6 Å². The van der Waals surface area contributed by atoms with Crippen molar-refractivity contribution in [3.05, 3.63) is 60.2 Å². The molecule has 6 atom stereocenters. The fraction of sp³-hybridized carbons (Fsp3) is 0.500. The Morgan fingerprint density at radius 1 is 1.15 bits per heavy atom. The Bertz CT molecular complexity index is 1040. The molecule has 4 heterocycles. The first-order valence-electron chi connectivity index (χ1n) is 11.8. The van der Waals surface area contributed by atoms with Crippen LogP contribution in [0.25, 0.3) is 0 Å². The van der Waals surface area contributed by atoms with E-state index in [0.717, 1.165) is 5.56 Å². The van der Waals surface area contributed by atoms with Gasteiger partial charge in [-0.1, -0.05) is 68.5 Å². The molecule has 0 bridgehead atoms. The Balaban J connectivity index is 1.61. The molecule has 34 heavy (non-hydrogen) atoms. The summed E-state index contributed by atoms with van der Waals surface area (Å²) < 4.78 is 4.51. The third-order valence-electron chi connectivity index (χ3n) is 7.47. The van der Waals surface area contributed by atoms with Crippen molar-refractivity contribution in [3.8, 4) is 0 Å². The smallest absolute Gasteiger partial charge is 0.311 e. The van der Waals surface area contributed by atoms with Gasteiger partial charge in [-0.2, -0.15) is 0 Å². The molecule has 0 radical (unpaired) electrons. The van der Waals surface area contributed by atoms with Crippen molar-refractivity contribution in [2.45, 2.75) is 42.5 Å². The molecule has 8 heteroatoms. The molecule has 7 nitrogen and oxygen atoms in total. The number of likely N-dealkylation sites (tertiary alicyclic amines) is 1. The number of rotatable bonds is 5. The molecule has 5 rings (SSSR count). The SMILES string of the molecule is CC(C)[C@H](CO)N1C(=O)[C@@H]2[C@H]3C(=O)OCC=C[C@H]3S[C@@]23C=CCN(Cc2ccccc2)C(=O)C13. The number of ether oxygens (including phenoxy) is 1. The summed E-state index contributed by atoms with van der Waals surface area (Å²) in [5.74, 6) is -2.22. The van der Waals surface area contributed by atoms with Gasteiger partial charge < -0.3 is 19.6 Å². The van der Waals surface area contributed by atoms with E-state index in [9.17, 15) is 19.5 Å². The number of esters is 1. The molecule has 4 aliphatic rings. The number of nitrogens with zero attached hydrogens (tertiary/aromatic N) is 2. The zero-order valence-corrected chi connectivity index (χ0v) is 20.2. The Morgan fingerprint density at radius 3 is 2.62 bits per heavy atom. The minimum atomic E-state index is -0.891. The van der Waals surface area contributed by atoms with Crippen molar-refractivity contribution in [2.24, 2.45) is 17.8 Å². The zero-order valence-electron chi connectivity index (χ0n) is 19.4. The zero-order chi connectivity index (χ0) is 24.0. The maximum Gasteiger partial charge on any atom is 0.311 e. The number of hydrogen-bond acceptors (Lipinski definition) is 6. The van der Waals surface area contributed by atoms with Gasteiger partial charge in [0.1, 0.15) is 12.6 Å². The lowest BCUT2D eigenvalue weighted by Gasteiger charge is -2.39. The van der Waals surface area contributed by atoms with Gasteiger partial charge in [0.05, 0.1) is 29.2 Å². The average molecular weight is 483 g/mol. The topological polar surface area (TPSA) is 87.2 Å². The summed E-state index contributed by atoms with van der Waals surface area (Å²) in [5, 5.41) is 10.0. The molecule has 2 amide bonds. The molecule has 2 saturated heterocycles. The second-order valence-corrected chi connectivity index (χ2v) is 11.2. The minimum absolute atomic E-state index is 0.0609. The lowest BCUT2D eigenvalue weighted by atomic mass is 9.78. The van der Waals surface area contributed by atoms with E-state index in [2.05, 4.69) is 0 Å². The first kappa shape index (κ1) is 23.2. The molecule has 1 aromatic carbocycles. The Labute approximate surface area is 203 Å². The molecule has 1 N–H and O–H groups in total. The van der Waals surface area contributed by atoms with E-state index in [-0.39, 0.29) is 36.2 Å². The highest BCUT2D eigenvalue weighted by Gasteiger charge is 2.71. The van der Waals surface area contributed by atoms with Crippen LogP contribution < -0.4 is 0 Å². The van der Waals surface area contributed by atoms with Gasteiger partial charge in [-0.3, -0.25) is 14.4 Å². The minimum Gasteiger partial charge on any atom is -0.461 e. The van der Waals surface area contributed by atoms with Crippen molar-refractivity contribution >= 4 is 29.5 Å². The monoisotopic (exact) mass is 482 g/mol. The summed E-state index contributed by atoms with van der Waals surface area (Å²) in [7, 11) is 0. The van der Waals surface area contributed by atoms with Crippen LogP contribution in [0, 0.1) is 17.8 Å². The first-order valence-corrected chi connectivity index (χ1v) is 12.7. The molecule has 4 aliphatic heterocycles. The van der Waals surface area contributed by atoms with E-state index < -0.39 is 34.6 Å². The Hall–Kier alpha value is -2.58. The normalized spacial score (nSPS) is 33.4. The summed E-state index contributed by atoms with van der Waals surface area (Å²) in [4.78, 5) is 44.6. The predicted molar refractivity (Wildman–Crippen MR) is 129 cm³/mol. The first-order chi connectivity index (χ1) is 16.4. The highest BCUT2D eigenvalue weighted by molar-refractivity contribution is 8.02. The highest BCUT2D eigenvalue weighted by atomic mass is 32.2. The number of cyclic esters (lactones) is 1. The van der Waals surface area contributed by atoms with Gasteiger partial charge in [-0.15, -0.1) is 11.8 Å². The average Bonchev–Trinajstić information content (AvgIpc) is 3.12. The van der Waals surface area contributed by atoms with Crippen LogP contribution in [0.4, 0.5) is 0 Å². The third-order valence-corrected chi connectivity index (χ3v) is 9.21. The van der Waals surface area contributed by atoms with E-state index in [1.807, 2.05) is 68.5 Å². The lowest BCUT2D eigenvalue weighted by Crippen LogP contribution is -2.57. The van der Waals surface area contributed by atoms with Crippen molar-refractivity contribution in [1.29, 1.82) is 0 Å². The van der Waals surface area contributed by atoms with Crippen LogP contribution in [0.2, 0.25) is 0 Å². The summed E-state index contributed by atoms with van der Waals surface area (Å²) >= 11 is 1.52. The largest absolute Gasteiger partial charge is 0.461 e. The number of fused-ring (bicyclic) bond motifs is 2. The second-order valence-electron chi connectivity index (χ2n) is 9.75. The lowest BCUT2D eigenvalue weighted by molar-refractivity contribution is -0.152. The molecule has 0 saturated carbocycles. The van der Waals surface area contributed by atoms with Gasteiger partial charge in [0.2, 0.25) is 11.8 Å². The van der Waals surface area contributed by atoms with Crippen LogP contribution in [0.1, 0.15) is 19.4 Å². The predicted octanol–water partition coefficient (Wildman–Crippen LogP) is 2.01. The van der Waals surface area contributed by atoms with Gasteiger partial charge >= 0.3 is 5.97 Å². The van der Waals surface area contributed by atoms with Crippen LogP contribution in [-0.2, 0) is 25.7 Å². The van der Waals surface area contributed by atoms with Gasteiger partial charge in [-0.25, -0.2) is 0 Å². The molecule has 0 aliphatic carbocycles. The summed E-state index contributed by atoms with van der Waals surface area (Å²) in [5.41, 5.74) is 1.01. The van der Waals surface area contributed by atoms with Crippen molar-refractivity contribution in [2.75, 3.05) is 19.8 Å². The Kier molecular flexibility index (Phi) is 6.06. The molecule has 1 unspecified atom stereocenters. The molecular weight excluding hydrogens is 452 g/mol. The Morgan fingerprint density at radius 2 is 1.91 bits per heavy atom. The van der Waals surface area contributed by atoms with Crippen molar-refractivity contribution in [3.63, 3.8) is 0 Å². The van der Waals surface area contributed by atoms with Gasteiger partial charge in [0.25, 0.3) is 0 Å². The summed E-state index contributed by atoms with van der Waals surface area (Å²) in [6, 6.07) is 8.45. The summed E-state index contributed by atoms with van der Waals surface area (Å²) in [6.45, 7) is 4.66. The van der Waals surface area contributed by atoms with Gasteiger partial charge in [0.15, 0.2) is 0 Å². The number of hydrogen-bond donors (Lipinski definition) is 1. The number of benzene rings is 1. The van der Waals surface area contributed by atoms with Crippen molar-refractivity contribution in [1.82, 2.24) is 9.80 Å². The molecular formula is C26H30N2O5S. The van der Waals surface area contributed by atoms with Crippen molar-refractivity contribution < 1.29 is 24.2 Å². The molecule has 0 aromatic heterocycles. The maximum atomic E-state index is 14.2. The molecule has 1 aromatic rings. The van der Waals surface area contributed by atoms with E-state index in [1.165, 1.54) is 11.8 Å². The van der Waals surface area contributed by atoms with E-state index in [4.69, 9.17) is 4.74 Å². The number of carbonyl (C=O) groups is 3. The van der Waals surface area contributed by atoms with E-state index in [0.29, 0.717) is 13.1 Å². The fourth-order valence-corrected chi connectivity index (χ4v) is 7.87. The van der Waals surface area contributed by atoms with Crippen LogP contribution in [0.5, 0.6) is 0 Å². The fourth-order valence-electron chi connectivity index (χ4n) is 5.88. The highest BCUT2D eigenvalue weighted by Crippen LogP contribution is 2.61. The van der Waals surface area contributed by atoms with Crippen LogP contribution in [-0.4, -0.2) is 74.5 Å². The quantitative estimate of drug-likeness (QED) is 0.510. The number of aliphatic hydroxyl groups excluding tert-OH is 1. The van der Waals surface area contributed by atoms with Gasteiger partial charge in [-0.05, 0) is 11.5 Å². The number of carbonyl (C=O) groups excluding carboxylic acids is 3. The maximum absolute atomic E-state index is 14.2. The number of thioether (sulfide) groups is 1. The van der Waals surface area contributed by atoms with Gasteiger partial charge in [0, 0.05) is 18.3 Å². The number of aliphatic hydroxyl groups is 1.